The second-order valence-electron chi connectivity index (χ2n) is 5.38. The van der Waals surface area contributed by atoms with Crippen molar-refractivity contribution in [3.63, 3.8) is 0 Å². The maximum atomic E-state index is 5.87. The molecule has 0 amide bonds. The van der Waals surface area contributed by atoms with Crippen LogP contribution in [0.5, 0.6) is 0 Å². The van der Waals surface area contributed by atoms with Crippen molar-refractivity contribution in [1.29, 1.82) is 0 Å². The molecule has 0 saturated heterocycles. The van der Waals surface area contributed by atoms with Gasteiger partial charge in [-0.1, -0.05) is 32.6 Å². The Balaban J connectivity index is 3.67. The highest BCUT2D eigenvalue weighted by atomic mass is 15.1. The Morgan fingerprint density at radius 3 is 2.18 bits per heavy atom. The van der Waals surface area contributed by atoms with E-state index in [1.807, 2.05) is 0 Å². The summed E-state index contributed by atoms with van der Waals surface area (Å²) in [5, 5.41) is 0. The number of nitrogens with zero attached hydrogens (tertiary/aromatic N) is 2. The summed E-state index contributed by atoms with van der Waals surface area (Å²) >= 11 is 0. The molecule has 0 rings (SSSR count). The van der Waals surface area contributed by atoms with Crippen molar-refractivity contribution in [3.05, 3.63) is 0 Å². The first-order valence-corrected chi connectivity index (χ1v) is 7.16. The van der Waals surface area contributed by atoms with Crippen LogP contribution < -0.4 is 5.73 Å². The summed E-state index contributed by atoms with van der Waals surface area (Å²) < 4.78 is 0. The third-order valence-corrected chi connectivity index (χ3v) is 3.40. The Hall–Kier alpha value is -0.120. The van der Waals surface area contributed by atoms with E-state index < -0.39 is 0 Å². The molecular formula is C14H33N3. The molecule has 104 valence electrons. The van der Waals surface area contributed by atoms with Gasteiger partial charge in [-0.2, -0.15) is 0 Å². The lowest BCUT2D eigenvalue weighted by Gasteiger charge is -2.27. The number of hydrogen-bond donors (Lipinski definition) is 1. The standard InChI is InChI=1S/C14H33N3/c1-5-6-7-8-10-14(13-15)17(4)12-9-11-16(2)3/h14H,5-13,15H2,1-4H3. The van der Waals surface area contributed by atoms with Crippen LogP contribution in [0.1, 0.15) is 45.4 Å². The number of hydrogen-bond acceptors (Lipinski definition) is 3. The second-order valence-corrected chi connectivity index (χ2v) is 5.38. The zero-order valence-electron chi connectivity index (χ0n) is 12.4. The van der Waals surface area contributed by atoms with Gasteiger partial charge in [-0.25, -0.2) is 0 Å². The molecule has 0 bridgehead atoms. The average molecular weight is 243 g/mol. The van der Waals surface area contributed by atoms with Crippen LogP contribution in [0.4, 0.5) is 0 Å². The summed E-state index contributed by atoms with van der Waals surface area (Å²) in [6.07, 6.45) is 7.85. The smallest absolute Gasteiger partial charge is 0.0215 e. The monoisotopic (exact) mass is 243 g/mol. The highest BCUT2D eigenvalue weighted by Crippen LogP contribution is 2.09. The predicted octanol–water partition coefficient (Wildman–Crippen LogP) is 2.17. The Kier molecular flexibility index (Phi) is 10.9. The molecule has 1 unspecified atom stereocenters. The lowest BCUT2D eigenvalue weighted by molar-refractivity contribution is 0.219. The number of likely N-dealkylation sites (N-methyl/N-ethyl adjacent to an activating group) is 1. The van der Waals surface area contributed by atoms with E-state index in [4.69, 9.17) is 5.73 Å². The number of rotatable bonds is 11. The fourth-order valence-electron chi connectivity index (χ4n) is 2.14. The first-order valence-electron chi connectivity index (χ1n) is 7.16. The average Bonchev–Trinajstić information content (AvgIpc) is 2.28. The predicted molar refractivity (Wildman–Crippen MR) is 77.4 cm³/mol. The Bertz CT molecular complexity index is 160. The van der Waals surface area contributed by atoms with Crippen molar-refractivity contribution in [2.75, 3.05) is 40.8 Å². The molecule has 0 fully saturated rings. The van der Waals surface area contributed by atoms with E-state index in [-0.39, 0.29) is 0 Å². The van der Waals surface area contributed by atoms with E-state index in [0.717, 1.165) is 19.6 Å². The lowest BCUT2D eigenvalue weighted by Crippen LogP contribution is -2.39. The van der Waals surface area contributed by atoms with Crippen molar-refractivity contribution >= 4 is 0 Å². The van der Waals surface area contributed by atoms with Crippen LogP contribution in [-0.2, 0) is 0 Å². The van der Waals surface area contributed by atoms with Gasteiger partial charge in [0.1, 0.15) is 0 Å². The van der Waals surface area contributed by atoms with E-state index in [9.17, 15) is 0 Å². The molecule has 3 nitrogen and oxygen atoms in total. The molecule has 0 aromatic heterocycles. The van der Waals surface area contributed by atoms with Gasteiger partial charge in [0.05, 0.1) is 0 Å². The maximum absolute atomic E-state index is 5.87. The van der Waals surface area contributed by atoms with Crippen molar-refractivity contribution in [2.45, 2.75) is 51.5 Å². The van der Waals surface area contributed by atoms with Crippen molar-refractivity contribution in [1.82, 2.24) is 9.80 Å². The van der Waals surface area contributed by atoms with Crippen molar-refractivity contribution in [3.8, 4) is 0 Å². The molecule has 0 aromatic carbocycles. The second kappa shape index (κ2) is 11.0. The summed E-state index contributed by atoms with van der Waals surface area (Å²) in [5.74, 6) is 0. The van der Waals surface area contributed by atoms with Gasteiger partial charge in [0.2, 0.25) is 0 Å². The van der Waals surface area contributed by atoms with Gasteiger partial charge in [-0.05, 0) is 47.1 Å². The van der Waals surface area contributed by atoms with Gasteiger partial charge >= 0.3 is 0 Å². The molecule has 0 heterocycles. The third kappa shape index (κ3) is 9.57. The van der Waals surface area contributed by atoms with Crippen LogP contribution in [0.2, 0.25) is 0 Å². The SMILES string of the molecule is CCCCCCC(CN)N(C)CCCN(C)C. The molecule has 1 atom stereocenters. The van der Waals surface area contributed by atoms with E-state index in [1.54, 1.807) is 0 Å². The van der Waals surface area contributed by atoms with Gasteiger partial charge in [-0.3, -0.25) is 0 Å². The van der Waals surface area contributed by atoms with Crippen LogP contribution in [-0.4, -0.2) is 56.6 Å². The van der Waals surface area contributed by atoms with Gasteiger partial charge in [0, 0.05) is 12.6 Å². The number of nitrogens with two attached hydrogens (primary N) is 1. The fourth-order valence-corrected chi connectivity index (χ4v) is 2.14. The molecule has 0 radical (unpaired) electrons. The minimum atomic E-state index is 0.578. The van der Waals surface area contributed by atoms with Crippen molar-refractivity contribution < 1.29 is 0 Å². The van der Waals surface area contributed by atoms with E-state index in [1.165, 1.54) is 38.5 Å². The first-order chi connectivity index (χ1) is 8.11. The van der Waals surface area contributed by atoms with Gasteiger partial charge < -0.3 is 15.5 Å². The third-order valence-electron chi connectivity index (χ3n) is 3.40. The van der Waals surface area contributed by atoms with Crippen LogP contribution >= 0.6 is 0 Å². The summed E-state index contributed by atoms with van der Waals surface area (Å²) in [4.78, 5) is 4.68. The molecular weight excluding hydrogens is 210 g/mol. The largest absolute Gasteiger partial charge is 0.329 e. The summed E-state index contributed by atoms with van der Waals surface area (Å²) in [6, 6.07) is 0.578. The highest BCUT2D eigenvalue weighted by Gasteiger charge is 2.11. The molecule has 2 N–H and O–H groups in total. The topological polar surface area (TPSA) is 32.5 Å². The van der Waals surface area contributed by atoms with Crippen LogP contribution in [0, 0.1) is 0 Å². The highest BCUT2D eigenvalue weighted by molar-refractivity contribution is 4.70. The Morgan fingerprint density at radius 2 is 1.65 bits per heavy atom. The molecule has 0 aromatic rings. The van der Waals surface area contributed by atoms with Gasteiger partial charge in [-0.15, -0.1) is 0 Å². The fraction of sp³-hybridized carbons (Fsp3) is 1.00. The lowest BCUT2D eigenvalue weighted by atomic mass is 10.1. The van der Waals surface area contributed by atoms with E-state index in [2.05, 4.69) is 37.9 Å². The zero-order valence-corrected chi connectivity index (χ0v) is 12.4. The van der Waals surface area contributed by atoms with E-state index in [0.29, 0.717) is 6.04 Å². The van der Waals surface area contributed by atoms with E-state index >= 15 is 0 Å². The summed E-state index contributed by atoms with van der Waals surface area (Å²) in [7, 11) is 6.48. The number of unbranched alkanes of at least 4 members (excludes halogenated alkanes) is 3. The van der Waals surface area contributed by atoms with Crippen LogP contribution in [0.25, 0.3) is 0 Å². The minimum absolute atomic E-state index is 0.578. The molecule has 0 aliphatic rings. The quantitative estimate of drug-likeness (QED) is 0.565. The zero-order chi connectivity index (χ0) is 13.1. The normalized spacial score (nSPS) is 13.6. The minimum Gasteiger partial charge on any atom is -0.329 e. The molecule has 0 spiro atoms. The van der Waals surface area contributed by atoms with Crippen molar-refractivity contribution in [2.24, 2.45) is 5.73 Å². The molecule has 3 heteroatoms. The van der Waals surface area contributed by atoms with Crippen LogP contribution in [0.3, 0.4) is 0 Å². The maximum Gasteiger partial charge on any atom is 0.0215 e. The van der Waals surface area contributed by atoms with Gasteiger partial charge in [0.15, 0.2) is 0 Å². The molecule has 0 aliphatic heterocycles. The van der Waals surface area contributed by atoms with Gasteiger partial charge in [0.25, 0.3) is 0 Å². The molecule has 0 saturated carbocycles. The summed E-state index contributed by atoms with van der Waals surface area (Å²) in [6.45, 7) is 5.38. The Morgan fingerprint density at radius 1 is 0.941 bits per heavy atom. The van der Waals surface area contributed by atoms with Crippen LogP contribution in [0.15, 0.2) is 0 Å². The first kappa shape index (κ1) is 16.9. The molecule has 0 aliphatic carbocycles. The molecule has 17 heavy (non-hydrogen) atoms. The Labute approximate surface area is 108 Å². The summed E-state index contributed by atoms with van der Waals surface area (Å²) in [5.41, 5.74) is 5.87.